The molecule has 3 aromatic carbocycles. The molecule has 4 aromatic rings. The van der Waals surface area contributed by atoms with Crippen LogP contribution in [0.2, 0.25) is 0 Å². The van der Waals surface area contributed by atoms with E-state index in [4.69, 9.17) is 14.7 Å². The first-order valence-electron chi connectivity index (χ1n) is 15.5. The Morgan fingerprint density at radius 3 is 2.53 bits per heavy atom. The average Bonchev–Trinajstić information content (AvgIpc) is 3.06. The fraction of sp³-hybridized carbons (Fsp3) is 0.278. The maximum absolute atomic E-state index is 13.2. The van der Waals surface area contributed by atoms with Crippen LogP contribution in [0.3, 0.4) is 0 Å². The van der Waals surface area contributed by atoms with Gasteiger partial charge < -0.3 is 20.7 Å². The van der Waals surface area contributed by atoms with Gasteiger partial charge in [-0.2, -0.15) is 0 Å². The summed E-state index contributed by atoms with van der Waals surface area (Å²) in [6, 6.07) is 20.5. The number of rotatable bonds is 9. The van der Waals surface area contributed by atoms with E-state index in [0.717, 1.165) is 72.7 Å². The second-order valence-electron chi connectivity index (χ2n) is 11.5. The number of hydrogen-bond donors (Lipinski definition) is 3. The number of nitrogens with one attached hydrogen (secondary N) is 3. The third kappa shape index (κ3) is 7.45. The van der Waals surface area contributed by atoms with Crippen molar-refractivity contribution in [1.82, 2.24) is 20.2 Å². The molecule has 2 amide bonds. The van der Waals surface area contributed by atoms with Crippen LogP contribution in [-0.2, 0) is 4.74 Å². The average molecular weight is 603 g/mol. The lowest BCUT2D eigenvalue weighted by Gasteiger charge is -2.26. The number of fused-ring (bicyclic) bond motifs is 1. The fourth-order valence-corrected chi connectivity index (χ4v) is 5.53. The van der Waals surface area contributed by atoms with Gasteiger partial charge in [-0.15, -0.1) is 0 Å². The molecule has 3 N–H and O–H groups in total. The number of hydrogen-bond acceptors (Lipinski definition) is 7. The van der Waals surface area contributed by atoms with Crippen LogP contribution in [0.15, 0.2) is 85.0 Å². The molecule has 0 bridgehead atoms. The summed E-state index contributed by atoms with van der Waals surface area (Å²) >= 11 is 0. The molecule has 230 valence electrons. The molecule has 1 fully saturated rings. The molecule has 9 nitrogen and oxygen atoms in total. The van der Waals surface area contributed by atoms with Crippen molar-refractivity contribution in [3.05, 3.63) is 107 Å². The minimum Gasteiger partial charge on any atom is -0.379 e. The first-order valence-corrected chi connectivity index (χ1v) is 15.5. The number of ether oxygens (including phenoxy) is 1. The van der Waals surface area contributed by atoms with Crippen molar-refractivity contribution in [2.75, 3.05) is 50.0 Å². The van der Waals surface area contributed by atoms with Gasteiger partial charge in [0.1, 0.15) is 0 Å². The van der Waals surface area contributed by atoms with Gasteiger partial charge in [0.05, 0.1) is 24.4 Å². The van der Waals surface area contributed by atoms with Gasteiger partial charge in [-0.05, 0) is 72.9 Å². The molecule has 2 aliphatic rings. The van der Waals surface area contributed by atoms with Gasteiger partial charge in [-0.1, -0.05) is 49.4 Å². The zero-order chi connectivity index (χ0) is 31.2. The topological polar surface area (TPSA) is 108 Å². The summed E-state index contributed by atoms with van der Waals surface area (Å²) < 4.78 is 5.38. The van der Waals surface area contributed by atoms with Crippen LogP contribution in [0.4, 0.5) is 17.3 Å². The maximum atomic E-state index is 13.2. The first kappa shape index (κ1) is 30.2. The Hall–Kier alpha value is -4.86. The maximum Gasteiger partial charge on any atom is 0.255 e. The van der Waals surface area contributed by atoms with E-state index in [1.165, 1.54) is 0 Å². The zero-order valence-corrected chi connectivity index (χ0v) is 25.7. The number of aromatic nitrogens is 2. The second kappa shape index (κ2) is 13.8. The highest BCUT2D eigenvalue weighted by Gasteiger charge is 2.16. The molecule has 1 aromatic heterocycles. The van der Waals surface area contributed by atoms with E-state index in [-0.39, 0.29) is 11.8 Å². The Morgan fingerprint density at radius 2 is 1.73 bits per heavy atom. The molecule has 1 aliphatic heterocycles. The summed E-state index contributed by atoms with van der Waals surface area (Å²) in [5.74, 6) is 0.509. The zero-order valence-electron chi connectivity index (χ0n) is 25.7. The van der Waals surface area contributed by atoms with Gasteiger partial charge >= 0.3 is 0 Å². The molecule has 0 radical (unpaired) electrons. The van der Waals surface area contributed by atoms with Crippen LogP contribution < -0.4 is 16.0 Å². The van der Waals surface area contributed by atoms with E-state index in [1.54, 1.807) is 24.3 Å². The molecule has 2 heterocycles. The Labute approximate surface area is 263 Å². The lowest BCUT2D eigenvalue weighted by atomic mass is 9.94. The van der Waals surface area contributed by atoms with Gasteiger partial charge in [0.25, 0.3) is 11.8 Å². The second-order valence-corrected chi connectivity index (χ2v) is 11.5. The predicted octanol–water partition coefficient (Wildman–Crippen LogP) is 5.98. The Balaban J connectivity index is 1.11. The Morgan fingerprint density at radius 1 is 0.956 bits per heavy atom. The summed E-state index contributed by atoms with van der Waals surface area (Å²) in [5.41, 5.74) is 6.07. The smallest absolute Gasteiger partial charge is 0.255 e. The largest absolute Gasteiger partial charge is 0.379 e. The molecule has 1 atom stereocenters. The van der Waals surface area contributed by atoms with Crippen LogP contribution in [0.1, 0.15) is 45.3 Å². The van der Waals surface area contributed by atoms with Crippen molar-refractivity contribution in [2.24, 2.45) is 5.92 Å². The SMILES string of the molecule is Cc1ccc(C(=O)NCCN2CCOCC2)cc1NC(=O)c1ccc(Nc2nc(C3=CC(C)CC=C3)c3ccccc3n2)cc1. The predicted molar refractivity (Wildman–Crippen MR) is 179 cm³/mol. The third-order valence-corrected chi connectivity index (χ3v) is 8.11. The van der Waals surface area contributed by atoms with E-state index < -0.39 is 0 Å². The molecule has 0 saturated carbocycles. The molecule has 6 rings (SSSR count). The fourth-order valence-electron chi connectivity index (χ4n) is 5.53. The van der Waals surface area contributed by atoms with E-state index in [9.17, 15) is 9.59 Å². The summed E-state index contributed by atoms with van der Waals surface area (Å²) in [6.45, 7) is 8.64. The van der Waals surface area contributed by atoms with E-state index in [2.05, 4.69) is 46.0 Å². The van der Waals surface area contributed by atoms with Gasteiger partial charge in [0, 0.05) is 54.1 Å². The normalized spacial score (nSPS) is 16.7. The molecular weight excluding hydrogens is 564 g/mol. The number of benzene rings is 3. The molecule has 9 heteroatoms. The highest BCUT2D eigenvalue weighted by molar-refractivity contribution is 6.06. The molecule has 1 aliphatic carbocycles. The highest BCUT2D eigenvalue weighted by atomic mass is 16.5. The van der Waals surface area contributed by atoms with Crippen LogP contribution >= 0.6 is 0 Å². The molecule has 1 saturated heterocycles. The first-order chi connectivity index (χ1) is 21.9. The summed E-state index contributed by atoms with van der Waals surface area (Å²) in [6.07, 6.45) is 7.59. The van der Waals surface area contributed by atoms with Gasteiger partial charge in [0.2, 0.25) is 5.95 Å². The quantitative estimate of drug-likeness (QED) is 0.216. The van der Waals surface area contributed by atoms with Crippen molar-refractivity contribution in [3.63, 3.8) is 0 Å². The number of carbonyl (C=O) groups is 2. The number of amides is 2. The van der Waals surface area contributed by atoms with E-state index in [0.29, 0.717) is 35.2 Å². The van der Waals surface area contributed by atoms with Crippen LogP contribution in [0, 0.1) is 12.8 Å². The Kier molecular flexibility index (Phi) is 9.28. The van der Waals surface area contributed by atoms with E-state index >= 15 is 0 Å². The van der Waals surface area contributed by atoms with Crippen molar-refractivity contribution >= 4 is 45.6 Å². The molecule has 0 spiro atoms. The monoisotopic (exact) mass is 602 g/mol. The number of anilines is 3. The van der Waals surface area contributed by atoms with Crippen LogP contribution in [-0.4, -0.2) is 66.1 Å². The standard InChI is InChI=1S/C36H38N6O3/c1-24-6-5-7-27(22-24)33-30-8-3-4-9-31(30)40-36(41-33)38-29-14-12-26(13-15-29)35(44)39-32-23-28(11-10-25(32)2)34(43)37-16-17-42-18-20-45-21-19-42/h3-5,7-15,22-24H,6,16-21H2,1-2H3,(H,37,43)(H,39,44)(H,38,40,41). The minimum atomic E-state index is -0.260. The number of aryl methyl sites for hydroxylation is 1. The van der Waals surface area contributed by atoms with Crippen molar-refractivity contribution in [3.8, 4) is 0 Å². The number of nitrogens with zero attached hydrogens (tertiary/aromatic N) is 3. The van der Waals surface area contributed by atoms with Crippen molar-refractivity contribution in [1.29, 1.82) is 0 Å². The number of morpholine rings is 1. The van der Waals surface area contributed by atoms with Gasteiger partial charge in [0.15, 0.2) is 0 Å². The van der Waals surface area contributed by atoms with Gasteiger partial charge in [-0.3, -0.25) is 14.5 Å². The molecular formula is C36H38N6O3. The molecule has 45 heavy (non-hydrogen) atoms. The number of allylic oxidation sites excluding steroid dienone is 4. The number of carbonyl (C=O) groups excluding carboxylic acids is 2. The third-order valence-electron chi connectivity index (χ3n) is 8.11. The van der Waals surface area contributed by atoms with Gasteiger partial charge in [-0.25, -0.2) is 9.97 Å². The highest BCUT2D eigenvalue weighted by Crippen LogP contribution is 2.30. The van der Waals surface area contributed by atoms with Crippen LogP contribution in [0.25, 0.3) is 16.5 Å². The van der Waals surface area contributed by atoms with Crippen LogP contribution in [0.5, 0.6) is 0 Å². The molecule has 1 unspecified atom stereocenters. The summed E-state index contributed by atoms with van der Waals surface area (Å²) in [5, 5.41) is 10.3. The summed E-state index contributed by atoms with van der Waals surface area (Å²) in [7, 11) is 0. The Bertz CT molecular complexity index is 1760. The lowest BCUT2D eigenvalue weighted by molar-refractivity contribution is 0.0383. The van der Waals surface area contributed by atoms with E-state index in [1.807, 2.05) is 49.4 Å². The summed E-state index contributed by atoms with van der Waals surface area (Å²) in [4.78, 5) is 37.9. The van der Waals surface area contributed by atoms with Crippen molar-refractivity contribution in [2.45, 2.75) is 20.3 Å². The minimum absolute atomic E-state index is 0.168. The lowest BCUT2D eigenvalue weighted by Crippen LogP contribution is -2.41. The number of para-hydroxylation sites is 1. The van der Waals surface area contributed by atoms with Crippen molar-refractivity contribution < 1.29 is 14.3 Å².